The van der Waals surface area contributed by atoms with E-state index in [2.05, 4.69) is 10.3 Å². The van der Waals surface area contributed by atoms with Gasteiger partial charge in [-0.25, -0.2) is 0 Å². The number of phenolic OH excluding ortho intramolecular Hbond substituents is 2. The van der Waals surface area contributed by atoms with Gasteiger partial charge in [0.05, 0.1) is 27.5 Å². The maximum atomic E-state index is 9.73. The third kappa shape index (κ3) is 2.82. The minimum Gasteiger partial charge on any atom is -0.504 e. The van der Waals surface area contributed by atoms with Crippen LogP contribution in [0.3, 0.4) is 0 Å². The van der Waals surface area contributed by atoms with Gasteiger partial charge in [0.15, 0.2) is 11.5 Å². The third-order valence-corrected chi connectivity index (χ3v) is 3.82. The second kappa shape index (κ2) is 5.84. The summed E-state index contributed by atoms with van der Waals surface area (Å²) < 4.78 is 0. The standard InChI is InChI=1S/C16H9Cl2N3O2/c17-9-1-2-12(11(18)3-9)21-16-8(6-19)7-20-13-5-15(23)14(22)4-10(13)16/h1-5,7,22-23H,(H,20,21). The lowest BCUT2D eigenvalue weighted by Crippen LogP contribution is -1.97. The second-order valence-corrected chi connectivity index (χ2v) is 5.61. The molecule has 1 aromatic heterocycles. The second-order valence-electron chi connectivity index (χ2n) is 4.77. The maximum absolute atomic E-state index is 9.73. The number of hydrogen-bond donors (Lipinski definition) is 3. The number of nitriles is 1. The molecule has 7 heteroatoms. The summed E-state index contributed by atoms with van der Waals surface area (Å²) in [5.41, 5.74) is 1.67. The molecule has 0 atom stereocenters. The summed E-state index contributed by atoms with van der Waals surface area (Å²) in [5.74, 6) is -0.593. The molecule has 0 bridgehead atoms. The third-order valence-electron chi connectivity index (χ3n) is 3.28. The molecule has 0 aliphatic rings. The molecule has 2 aromatic carbocycles. The van der Waals surface area contributed by atoms with E-state index in [9.17, 15) is 15.5 Å². The number of nitrogens with zero attached hydrogens (tertiary/aromatic N) is 2. The lowest BCUT2D eigenvalue weighted by Gasteiger charge is -2.13. The van der Waals surface area contributed by atoms with Crippen molar-refractivity contribution in [2.24, 2.45) is 0 Å². The zero-order chi connectivity index (χ0) is 16.6. The van der Waals surface area contributed by atoms with Gasteiger partial charge >= 0.3 is 0 Å². The highest BCUT2D eigenvalue weighted by atomic mass is 35.5. The fourth-order valence-corrected chi connectivity index (χ4v) is 2.62. The average Bonchev–Trinajstić information content (AvgIpc) is 2.51. The van der Waals surface area contributed by atoms with E-state index in [1.54, 1.807) is 18.2 Å². The van der Waals surface area contributed by atoms with Crippen LogP contribution in [-0.2, 0) is 0 Å². The first-order valence-electron chi connectivity index (χ1n) is 6.46. The number of anilines is 2. The first kappa shape index (κ1) is 15.2. The Morgan fingerprint density at radius 1 is 1.09 bits per heavy atom. The Bertz CT molecular complexity index is 968. The smallest absolute Gasteiger partial charge is 0.159 e. The van der Waals surface area contributed by atoms with Crippen molar-refractivity contribution in [3.63, 3.8) is 0 Å². The molecule has 0 saturated heterocycles. The van der Waals surface area contributed by atoms with Gasteiger partial charge in [-0.1, -0.05) is 23.2 Å². The molecule has 0 unspecified atom stereocenters. The number of nitrogens with one attached hydrogen (secondary N) is 1. The van der Waals surface area contributed by atoms with Gasteiger partial charge in [0.25, 0.3) is 0 Å². The highest BCUT2D eigenvalue weighted by molar-refractivity contribution is 6.36. The molecule has 0 aliphatic carbocycles. The van der Waals surface area contributed by atoms with Crippen LogP contribution >= 0.6 is 23.2 Å². The Morgan fingerprint density at radius 2 is 1.83 bits per heavy atom. The van der Waals surface area contributed by atoms with Gasteiger partial charge in [-0.05, 0) is 24.3 Å². The molecule has 0 saturated carbocycles. The van der Waals surface area contributed by atoms with Gasteiger partial charge in [0.1, 0.15) is 6.07 Å². The van der Waals surface area contributed by atoms with Crippen LogP contribution in [0, 0.1) is 11.3 Å². The SMILES string of the molecule is N#Cc1cnc2cc(O)c(O)cc2c1Nc1ccc(Cl)cc1Cl. The largest absolute Gasteiger partial charge is 0.504 e. The monoisotopic (exact) mass is 345 g/mol. The molecule has 0 amide bonds. The fraction of sp³-hybridized carbons (Fsp3) is 0. The van der Waals surface area contributed by atoms with E-state index in [1.807, 2.05) is 6.07 Å². The molecule has 0 aliphatic heterocycles. The van der Waals surface area contributed by atoms with E-state index in [4.69, 9.17) is 23.2 Å². The van der Waals surface area contributed by atoms with Crippen molar-refractivity contribution in [1.29, 1.82) is 5.26 Å². The Kier molecular flexibility index (Phi) is 3.87. The van der Waals surface area contributed by atoms with Crippen molar-refractivity contribution in [3.05, 3.63) is 52.1 Å². The van der Waals surface area contributed by atoms with Crippen LogP contribution in [0.1, 0.15) is 5.56 Å². The van der Waals surface area contributed by atoms with Crippen molar-refractivity contribution in [2.75, 3.05) is 5.32 Å². The predicted molar refractivity (Wildman–Crippen MR) is 89.5 cm³/mol. The van der Waals surface area contributed by atoms with Crippen LogP contribution in [0.5, 0.6) is 11.5 Å². The number of pyridine rings is 1. The molecule has 114 valence electrons. The quantitative estimate of drug-likeness (QED) is 0.592. The molecule has 0 radical (unpaired) electrons. The minimum atomic E-state index is -0.306. The normalized spacial score (nSPS) is 10.5. The number of aromatic nitrogens is 1. The Balaban J connectivity index is 2.22. The Labute approximate surface area is 141 Å². The molecular weight excluding hydrogens is 337 g/mol. The average molecular weight is 346 g/mol. The highest BCUT2D eigenvalue weighted by Crippen LogP contribution is 2.37. The summed E-state index contributed by atoms with van der Waals surface area (Å²) in [5, 5.41) is 33.0. The van der Waals surface area contributed by atoms with Crippen LogP contribution in [-0.4, -0.2) is 15.2 Å². The van der Waals surface area contributed by atoms with Gasteiger partial charge in [-0.3, -0.25) is 4.98 Å². The van der Waals surface area contributed by atoms with E-state index < -0.39 is 0 Å². The number of fused-ring (bicyclic) bond motifs is 1. The summed E-state index contributed by atoms with van der Waals surface area (Å²) in [6.45, 7) is 0. The molecule has 0 spiro atoms. The van der Waals surface area contributed by atoms with Crippen molar-refractivity contribution < 1.29 is 10.2 Å². The number of halogens is 2. The number of aromatic hydroxyl groups is 2. The van der Waals surface area contributed by atoms with E-state index in [0.717, 1.165) is 0 Å². The number of benzene rings is 2. The van der Waals surface area contributed by atoms with E-state index >= 15 is 0 Å². The molecule has 23 heavy (non-hydrogen) atoms. The van der Waals surface area contributed by atoms with Crippen molar-refractivity contribution >= 4 is 45.5 Å². The van der Waals surface area contributed by atoms with Crippen LogP contribution in [0.4, 0.5) is 11.4 Å². The number of phenols is 2. The van der Waals surface area contributed by atoms with Crippen LogP contribution < -0.4 is 5.32 Å². The minimum absolute atomic E-state index is 0.272. The molecule has 1 heterocycles. The molecule has 3 rings (SSSR count). The molecule has 3 N–H and O–H groups in total. The zero-order valence-corrected chi connectivity index (χ0v) is 13.0. The Hall–Kier alpha value is -2.68. The summed E-state index contributed by atoms with van der Waals surface area (Å²) in [4.78, 5) is 4.11. The van der Waals surface area contributed by atoms with Gasteiger partial charge in [-0.2, -0.15) is 5.26 Å². The molecule has 5 nitrogen and oxygen atoms in total. The van der Waals surface area contributed by atoms with Gasteiger partial charge in [0, 0.05) is 22.7 Å². The summed E-state index contributed by atoms with van der Waals surface area (Å²) in [7, 11) is 0. The maximum Gasteiger partial charge on any atom is 0.159 e. The molecular formula is C16H9Cl2N3O2. The van der Waals surface area contributed by atoms with Crippen molar-refractivity contribution in [2.45, 2.75) is 0 Å². The van der Waals surface area contributed by atoms with Gasteiger partial charge in [0.2, 0.25) is 0 Å². The lowest BCUT2D eigenvalue weighted by atomic mass is 10.1. The first-order chi connectivity index (χ1) is 11.0. The highest BCUT2D eigenvalue weighted by Gasteiger charge is 2.13. The van der Waals surface area contributed by atoms with Crippen molar-refractivity contribution in [3.8, 4) is 17.6 Å². The molecule has 0 fully saturated rings. The number of hydrogen-bond acceptors (Lipinski definition) is 5. The van der Waals surface area contributed by atoms with Crippen LogP contribution in [0.2, 0.25) is 10.0 Å². The Morgan fingerprint density at radius 3 is 2.52 bits per heavy atom. The van der Waals surface area contributed by atoms with Crippen LogP contribution in [0.15, 0.2) is 36.5 Å². The summed E-state index contributed by atoms with van der Waals surface area (Å²) in [6.07, 6.45) is 1.38. The lowest BCUT2D eigenvalue weighted by molar-refractivity contribution is 0.405. The summed E-state index contributed by atoms with van der Waals surface area (Å²) in [6, 6.07) is 9.61. The van der Waals surface area contributed by atoms with Gasteiger partial charge < -0.3 is 15.5 Å². The van der Waals surface area contributed by atoms with E-state index in [0.29, 0.717) is 32.3 Å². The van der Waals surface area contributed by atoms with Crippen LogP contribution in [0.25, 0.3) is 10.9 Å². The number of rotatable bonds is 2. The van der Waals surface area contributed by atoms with E-state index in [1.165, 1.54) is 18.3 Å². The first-order valence-corrected chi connectivity index (χ1v) is 7.22. The molecule has 3 aromatic rings. The van der Waals surface area contributed by atoms with E-state index in [-0.39, 0.29) is 17.1 Å². The topological polar surface area (TPSA) is 89.2 Å². The van der Waals surface area contributed by atoms with Gasteiger partial charge in [-0.15, -0.1) is 0 Å². The zero-order valence-electron chi connectivity index (χ0n) is 11.5. The van der Waals surface area contributed by atoms with Crippen molar-refractivity contribution in [1.82, 2.24) is 4.98 Å². The summed E-state index contributed by atoms with van der Waals surface area (Å²) >= 11 is 12.0. The fourth-order valence-electron chi connectivity index (χ4n) is 2.16. The predicted octanol–water partition coefficient (Wildman–Crippen LogP) is 4.57.